The fourth-order valence-corrected chi connectivity index (χ4v) is 2.75. The number of anilines is 1. The van der Waals surface area contributed by atoms with Crippen LogP contribution in [-0.4, -0.2) is 13.1 Å². The monoisotopic (exact) mass is 431 g/mol. The Hall–Kier alpha value is -1.04. The number of methoxy groups -OCH3 is 1. The molecular formula is C15H12Br2ClNO2. The van der Waals surface area contributed by atoms with Crippen LogP contribution in [0.4, 0.5) is 5.69 Å². The third-order valence-electron chi connectivity index (χ3n) is 2.85. The van der Waals surface area contributed by atoms with Gasteiger partial charge >= 0.3 is 5.97 Å². The zero-order chi connectivity index (χ0) is 15.4. The van der Waals surface area contributed by atoms with Crippen molar-refractivity contribution >= 4 is 55.1 Å². The van der Waals surface area contributed by atoms with E-state index in [1.165, 1.54) is 7.11 Å². The van der Waals surface area contributed by atoms with E-state index >= 15 is 0 Å². The standard InChI is InChI=1S/C15H12Br2ClNO2/c1-21-15(20)14(9-5-6-13(18)12(17)7-9)19-11-4-2-3-10(16)8-11/h2-8,14,19H,1H3. The highest BCUT2D eigenvalue weighted by Crippen LogP contribution is 2.29. The maximum absolute atomic E-state index is 12.1. The summed E-state index contributed by atoms with van der Waals surface area (Å²) >= 11 is 12.8. The molecule has 0 aliphatic carbocycles. The highest BCUT2D eigenvalue weighted by Gasteiger charge is 2.22. The Balaban J connectivity index is 2.34. The van der Waals surface area contributed by atoms with Crippen molar-refractivity contribution < 1.29 is 9.53 Å². The van der Waals surface area contributed by atoms with Gasteiger partial charge in [0.05, 0.1) is 12.1 Å². The van der Waals surface area contributed by atoms with Crippen molar-refractivity contribution in [1.29, 1.82) is 0 Å². The van der Waals surface area contributed by atoms with E-state index in [0.29, 0.717) is 5.02 Å². The highest BCUT2D eigenvalue weighted by molar-refractivity contribution is 9.10. The number of halogens is 3. The largest absolute Gasteiger partial charge is 0.467 e. The summed E-state index contributed by atoms with van der Waals surface area (Å²) in [6, 6.07) is 12.3. The fourth-order valence-electron chi connectivity index (χ4n) is 1.83. The molecule has 6 heteroatoms. The van der Waals surface area contributed by atoms with Crippen molar-refractivity contribution in [3.05, 3.63) is 62.0 Å². The smallest absolute Gasteiger partial charge is 0.332 e. The lowest BCUT2D eigenvalue weighted by Crippen LogP contribution is -2.22. The van der Waals surface area contributed by atoms with Crippen molar-refractivity contribution in [2.24, 2.45) is 0 Å². The van der Waals surface area contributed by atoms with Gasteiger partial charge in [0.1, 0.15) is 0 Å². The summed E-state index contributed by atoms with van der Waals surface area (Å²) in [4.78, 5) is 12.1. The van der Waals surface area contributed by atoms with E-state index in [-0.39, 0.29) is 5.97 Å². The number of rotatable bonds is 4. The van der Waals surface area contributed by atoms with E-state index in [1.807, 2.05) is 24.3 Å². The lowest BCUT2D eigenvalue weighted by atomic mass is 10.1. The molecule has 1 atom stereocenters. The van der Waals surface area contributed by atoms with Gasteiger partial charge in [0.25, 0.3) is 0 Å². The van der Waals surface area contributed by atoms with Crippen LogP contribution in [0, 0.1) is 0 Å². The van der Waals surface area contributed by atoms with Gasteiger partial charge in [-0.1, -0.05) is 39.7 Å². The molecule has 1 unspecified atom stereocenters. The van der Waals surface area contributed by atoms with Gasteiger partial charge in [-0.15, -0.1) is 0 Å². The number of hydrogen-bond acceptors (Lipinski definition) is 3. The van der Waals surface area contributed by atoms with E-state index in [0.717, 1.165) is 20.2 Å². The molecule has 0 saturated carbocycles. The van der Waals surface area contributed by atoms with Crippen molar-refractivity contribution in [2.45, 2.75) is 6.04 Å². The Morgan fingerprint density at radius 1 is 1.24 bits per heavy atom. The molecule has 0 aliphatic rings. The quantitative estimate of drug-likeness (QED) is 0.675. The van der Waals surface area contributed by atoms with E-state index < -0.39 is 6.04 Å². The summed E-state index contributed by atoms with van der Waals surface area (Å²) in [7, 11) is 1.36. The highest BCUT2D eigenvalue weighted by atomic mass is 79.9. The van der Waals surface area contributed by atoms with E-state index in [1.54, 1.807) is 18.2 Å². The summed E-state index contributed by atoms with van der Waals surface area (Å²) in [5, 5.41) is 3.75. The molecule has 1 N–H and O–H groups in total. The predicted octanol–water partition coefficient (Wildman–Crippen LogP) is 5.19. The Morgan fingerprint density at radius 2 is 2.00 bits per heavy atom. The van der Waals surface area contributed by atoms with Gasteiger partial charge in [0, 0.05) is 14.6 Å². The minimum absolute atomic E-state index is 0.371. The summed E-state index contributed by atoms with van der Waals surface area (Å²) in [6.45, 7) is 0. The molecule has 0 radical (unpaired) electrons. The average molecular weight is 434 g/mol. The first-order valence-corrected chi connectivity index (χ1v) is 8.02. The van der Waals surface area contributed by atoms with Crippen LogP contribution in [0.15, 0.2) is 51.4 Å². The number of esters is 1. The van der Waals surface area contributed by atoms with Crippen LogP contribution in [0.5, 0.6) is 0 Å². The van der Waals surface area contributed by atoms with Gasteiger partial charge in [0.15, 0.2) is 6.04 Å². The van der Waals surface area contributed by atoms with Gasteiger partial charge in [-0.25, -0.2) is 4.79 Å². The molecule has 0 amide bonds. The number of carbonyl (C=O) groups excluding carboxylic acids is 1. The number of carbonyl (C=O) groups is 1. The van der Waals surface area contributed by atoms with E-state index in [2.05, 4.69) is 37.2 Å². The van der Waals surface area contributed by atoms with Crippen LogP contribution >= 0.6 is 43.5 Å². The van der Waals surface area contributed by atoms with Crippen molar-refractivity contribution in [2.75, 3.05) is 12.4 Å². The fraction of sp³-hybridized carbons (Fsp3) is 0.133. The average Bonchev–Trinajstić information content (AvgIpc) is 2.47. The van der Waals surface area contributed by atoms with Gasteiger partial charge < -0.3 is 10.1 Å². The Bertz CT molecular complexity index is 664. The lowest BCUT2D eigenvalue weighted by Gasteiger charge is -2.18. The van der Waals surface area contributed by atoms with Crippen molar-refractivity contribution in [3.8, 4) is 0 Å². The molecule has 3 nitrogen and oxygen atoms in total. The molecule has 0 heterocycles. The number of benzene rings is 2. The molecule has 0 fully saturated rings. The topological polar surface area (TPSA) is 38.3 Å². The zero-order valence-electron chi connectivity index (χ0n) is 11.1. The van der Waals surface area contributed by atoms with Crippen LogP contribution < -0.4 is 5.32 Å². The third kappa shape index (κ3) is 4.22. The van der Waals surface area contributed by atoms with Gasteiger partial charge in [-0.05, 0) is 51.8 Å². The van der Waals surface area contributed by atoms with Crippen LogP contribution in [0.2, 0.25) is 5.02 Å². The van der Waals surface area contributed by atoms with Crippen molar-refractivity contribution in [3.63, 3.8) is 0 Å². The molecule has 21 heavy (non-hydrogen) atoms. The molecule has 2 aromatic carbocycles. The summed E-state index contributed by atoms with van der Waals surface area (Å²) in [6.07, 6.45) is 0. The third-order valence-corrected chi connectivity index (χ3v) is 4.56. The lowest BCUT2D eigenvalue weighted by molar-refractivity contribution is -0.141. The number of ether oxygens (including phenoxy) is 1. The molecule has 0 saturated heterocycles. The van der Waals surface area contributed by atoms with Gasteiger partial charge in [-0.3, -0.25) is 0 Å². The normalized spacial score (nSPS) is 11.8. The maximum atomic E-state index is 12.1. The number of nitrogens with one attached hydrogen (secondary N) is 1. The van der Waals surface area contributed by atoms with Gasteiger partial charge in [0.2, 0.25) is 0 Å². The van der Waals surface area contributed by atoms with Crippen LogP contribution in [0.3, 0.4) is 0 Å². The second kappa shape index (κ2) is 7.29. The van der Waals surface area contributed by atoms with E-state index in [4.69, 9.17) is 16.3 Å². The molecule has 0 aliphatic heterocycles. The molecule has 0 spiro atoms. The van der Waals surface area contributed by atoms with Crippen LogP contribution in [-0.2, 0) is 9.53 Å². The summed E-state index contributed by atoms with van der Waals surface area (Å²) < 4.78 is 6.53. The molecule has 0 aromatic heterocycles. The Labute approximate surface area is 144 Å². The molecule has 110 valence electrons. The first-order chi connectivity index (χ1) is 10.0. The Kier molecular flexibility index (Phi) is 5.67. The molecule has 2 rings (SSSR count). The predicted molar refractivity (Wildman–Crippen MR) is 91.7 cm³/mol. The minimum atomic E-state index is -0.613. The van der Waals surface area contributed by atoms with Crippen molar-refractivity contribution in [1.82, 2.24) is 0 Å². The minimum Gasteiger partial charge on any atom is -0.467 e. The summed E-state index contributed by atoms with van der Waals surface area (Å²) in [5.74, 6) is -0.371. The van der Waals surface area contributed by atoms with E-state index in [9.17, 15) is 4.79 Å². The second-order valence-electron chi connectivity index (χ2n) is 4.28. The summed E-state index contributed by atoms with van der Waals surface area (Å²) in [5.41, 5.74) is 1.57. The zero-order valence-corrected chi connectivity index (χ0v) is 15.0. The second-order valence-corrected chi connectivity index (χ2v) is 6.46. The first kappa shape index (κ1) is 16.3. The van der Waals surface area contributed by atoms with Crippen LogP contribution in [0.1, 0.15) is 11.6 Å². The maximum Gasteiger partial charge on any atom is 0.332 e. The molecule has 0 bridgehead atoms. The molecule has 2 aromatic rings. The van der Waals surface area contributed by atoms with Crippen LogP contribution in [0.25, 0.3) is 0 Å². The first-order valence-electron chi connectivity index (χ1n) is 6.06. The number of hydrogen-bond donors (Lipinski definition) is 1. The Morgan fingerprint density at radius 3 is 2.62 bits per heavy atom. The van der Waals surface area contributed by atoms with Gasteiger partial charge in [-0.2, -0.15) is 0 Å². The SMILES string of the molecule is COC(=O)C(Nc1cccc(Br)c1)c1ccc(Cl)c(Br)c1. The molecular weight excluding hydrogens is 421 g/mol.